The van der Waals surface area contributed by atoms with Gasteiger partial charge in [0.05, 0.1) is 13.1 Å². The van der Waals surface area contributed by atoms with Crippen molar-refractivity contribution in [3.8, 4) is 16.9 Å². The molecular formula is C25H24N2O3. The predicted molar refractivity (Wildman–Crippen MR) is 115 cm³/mol. The lowest BCUT2D eigenvalue weighted by Crippen LogP contribution is -2.33. The summed E-state index contributed by atoms with van der Waals surface area (Å²) in [4.78, 5) is 14.6. The second kappa shape index (κ2) is 7.84. The van der Waals surface area contributed by atoms with Crippen molar-refractivity contribution in [3.63, 3.8) is 0 Å². The number of nitrogens with zero attached hydrogens (tertiary/aromatic N) is 1. The maximum absolute atomic E-state index is 12.9. The first-order chi connectivity index (χ1) is 14.7. The highest BCUT2D eigenvalue weighted by Gasteiger charge is 2.30. The van der Waals surface area contributed by atoms with Gasteiger partial charge in [-0.1, -0.05) is 60.7 Å². The van der Waals surface area contributed by atoms with Crippen molar-refractivity contribution < 1.29 is 14.3 Å². The van der Waals surface area contributed by atoms with Crippen molar-refractivity contribution in [3.05, 3.63) is 89.0 Å². The molecule has 0 unspecified atom stereocenters. The Morgan fingerprint density at radius 1 is 1.03 bits per heavy atom. The Labute approximate surface area is 176 Å². The highest BCUT2D eigenvalue weighted by molar-refractivity contribution is 5.79. The molecule has 2 aliphatic rings. The Morgan fingerprint density at radius 3 is 2.43 bits per heavy atom. The lowest BCUT2D eigenvalue weighted by atomic mass is 9.98. The van der Waals surface area contributed by atoms with E-state index in [9.17, 15) is 4.79 Å². The van der Waals surface area contributed by atoms with Crippen molar-refractivity contribution in [1.82, 2.24) is 4.90 Å². The number of hydrogen-bond donors (Lipinski definition) is 1. The zero-order chi connectivity index (χ0) is 20.5. The minimum atomic E-state index is -0.309. The summed E-state index contributed by atoms with van der Waals surface area (Å²) in [5, 5.41) is 0. The van der Waals surface area contributed by atoms with Gasteiger partial charge in [-0.3, -0.25) is 0 Å². The number of amides is 1. The average Bonchev–Trinajstić information content (AvgIpc) is 2.95. The lowest BCUT2D eigenvalue weighted by molar-refractivity contribution is 0.0947. The van der Waals surface area contributed by atoms with Crippen molar-refractivity contribution >= 4 is 6.09 Å². The molecule has 0 saturated carbocycles. The zero-order valence-corrected chi connectivity index (χ0v) is 16.7. The maximum atomic E-state index is 12.9. The van der Waals surface area contributed by atoms with Gasteiger partial charge in [0.15, 0.2) is 0 Å². The van der Waals surface area contributed by atoms with Gasteiger partial charge in [0, 0.05) is 18.0 Å². The van der Waals surface area contributed by atoms with E-state index < -0.39 is 0 Å². The van der Waals surface area contributed by atoms with Crippen molar-refractivity contribution in [2.24, 2.45) is 5.73 Å². The van der Waals surface area contributed by atoms with E-state index in [4.69, 9.17) is 15.2 Å². The van der Waals surface area contributed by atoms with Crippen LogP contribution in [-0.4, -0.2) is 30.8 Å². The van der Waals surface area contributed by atoms with Crippen LogP contribution in [0.1, 0.15) is 28.2 Å². The number of rotatable bonds is 3. The van der Waals surface area contributed by atoms with E-state index in [0.717, 1.165) is 16.9 Å². The molecule has 2 N–H and O–H groups in total. The first-order valence-electron chi connectivity index (χ1n) is 10.3. The van der Waals surface area contributed by atoms with Gasteiger partial charge >= 0.3 is 6.09 Å². The fourth-order valence-electron chi connectivity index (χ4n) is 4.38. The van der Waals surface area contributed by atoms with Crippen LogP contribution in [0, 0.1) is 0 Å². The molecule has 1 amide bonds. The van der Waals surface area contributed by atoms with E-state index in [-0.39, 0.29) is 12.0 Å². The minimum absolute atomic E-state index is 0.0592. The third-order valence-corrected chi connectivity index (χ3v) is 5.94. The molecule has 0 atom stereocenters. The summed E-state index contributed by atoms with van der Waals surface area (Å²) >= 11 is 0. The van der Waals surface area contributed by atoms with Crippen LogP contribution < -0.4 is 10.5 Å². The molecule has 1 aliphatic carbocycles. The van der Waals surface area contributed by atoms with Crippen LogP contribution in [-0.2, 0) is 17.8 Å². The Kier molecular flexibility index (Phi) is 4.89. The van der Waals surface area contributed by atoms with E-state index >= 15 is 0 Å². The first kappa shape index (κ1) is 18.7. The molecule has 0 spiro atoms. The standard InChI is InChI=1S/C25H24N2O3/c26-14-17-9-10-18-15-27(11-12-29-24(18)13-17)25(28)30-16-23-21-7-3-1-5-19(21)20-6-2-4-8-22(20)23/h1-10,13,23H,11-12,14-16,26H2. The second-order valence-corrected chi connectivity index (χ2v) is 7.72. The monoisotopic (exact) mass is 400 g/mol. The molecule has 0 fully saturated rings. The third-order valence-electron chi connectivity index (χ3n) is 5.94. The van der Waals surface area contributed by atoms with E-state index in [1.54, 1.807) is 4.90 Å². The van der Waals surface area contributed by atoms with Gasteiger partial charge in [0.2, 0.25) is 0 Å². The molecule has 0 aromatic heterocycles. The minimum Gasteiger partial charge on any atom is -0.491 e. The van der Waals surface area contributed by atoms with E-state index in [2.05, 4.69) is 36.4 Å². The van der Waals surface area contributed by atoms with Gasteiger partial charge < -0.3 is 20.1 Å². The molecule has 5 rings (SSSR count). The van der Waals surface area contributed by atoms with Gasteiger partial charge in [-0.25, -0.2) is 4.79 Å². The Morgan fingerprint density at radius 2 is 1.73 bits per heavy atom. The van der Waals surface area contributed by atoms with Crippen LogP contribution >= 0.6 is 0 Å². The number of ether oxygens (including phenoxy) is 2. The Balaban J connectivity index is 1.32. The van der Waals surface area contributed by atoms with Gasteiger partial charge in [0.25, 0.3) is 0 Å². The van der Waals surface area contributed by atoms with Crippen LogP contribution in [0.2, 0.25) is 0 Å². The summed E-state index contributed by atoms with van der Waals surface area (Å²) in [5.41, 5.74) is 12.6. The molecule has 3 aromatic carbocycles. The van der Waals surface area contributed by atoms with Crippen LogP contribution in [0.4, 0.5) is 4.79 Å². The molecule has 5 heteroatoms. The summed E-state index contributed by atoms with van der Waals surface area (Å²) < 4.78 is 11.6. The van der Waals surface area contributed by atoms with E-state index in [1.807, 2.05) is 30.3 Å². The average molecular weight is 400 g/mol. The number of hydrogen-bond acceptors (Lipinski definition) is 4. The molecular weight excluding hydrogens is 376 g/mol. The van der Waals surface area contributed by atoms with Crippen molar-refractivity contribution in [2.75, 3.05) is 19.8 Å². The van der Waals surface area contributed by atoms with Crippen LogP contribution in [0.25, 0.3) is 11.1 Å². The summed E-state index contributed by atoms with van der Waals surface area (Å²) in [6.07, 6.45) is -0.309. The Hall–Kier alpha value is -3.31. The van der Waals surface area contributed by atoms with E-state index in [1.165, 1.54) is 22.3 Å². The molecule has 0 bridgehead atoms. The van der Waals surface area contributed by atoms with Crippen LogP contribution in [0.3, 0.4) is 0 Å². The normalized spacial score (nSPS) is 14.9. The van der Waals surface area contributed by atoms with Crippen LogP contribution in [0.5, 0.6) is 5.75 Å². The summed E-state index contributed by atoms with van der Waals surface area (Å²) in [6, 6.07) is 22.6. The van der Waals surface area contributed by atoms with E-state index in [0.29, 0.717) is 32.8 Å². The largest absolute Gasteiger partial charge is 0.491 e. The summed E-state index contributed by atoms with van der Waals surface area (Å²) in [7, 11) is 0. The highest BCUT2D eigenvalue weighted by Crippen LogP contribution is 2.44. The summed E-state index contributed by atoms with van der Waals surface area (Å²) in [6.45, 7) is 2.18. The summed E-state index contributed by atoms with van der Waals surface area (Å²) in [5.74, 6) is 0.857. The third kappa shape index (κ3) is 3.31. The fourth-order valence-corrected chi connectivity index (χ4v) is 4.38. The number of benzene rings is 3. The molecule has 30 heavy (non-hydrogen) atoms. The van der Waals surface area contributed by atoms with Gasteiger partial charge in [-0.05, 0) is 33.9 Å². The lowest BCUT2D eigenvalue weighted by Gasteiger charge is -2.21. The quantitative estimate of drug-likeness (QED) is 0.712. The number of nitrogens with two attached hydrogens (primary N) is 1. The molecule has 3 aromatic rings. The molecule has 1 heterocycles. The molecule has 0 saturated heterocycles. The first-order valence-corrected chi connectivity index (χ1v) is 10.3. The molecule has 5 nitrogen and oxygen atoms in total. The predicted octanol–water partition coefficient (Wildman–Crippen LogP) is 4.29. The Bertz CT molecular complexity index is 1050. The topological polar surface area (TPSA) is 64.8 Å². The SMILES string of the molecule is NCc1ccc2c(c1)OCCN(C(=O)OCC1c3ccccc3-c3ccccc31)C2. The van der Waals surface area contributed by atoms with Gasteiger partial charge in [-0.2, -0.15) is 0 Å². The molecule has 1 aliphatic heterocycles. The zero-order valence-electron chi connectivity index (χ0n) is 16.7. The highest BCUT2D eigenvalue weighted by atomic mass is 16.6. The number of fused-ring (bicyclic) bond motifs is 4. The fraction of sp³-hybridized carbons (Fsp3) is 0.240. The molecule has 0 radical (unpaired) electrons. The smallest absolute Gasteiger partial charge is 0.410 e. The van der Waals surface area contributed by atoms with Gasteiger partial charge in [-0.15, -0.1) is 0 Å². The van der Waals surface area contributed by atoms with Crippen molar-refractivity contribution in [1.29, 1.82) is 0 Å². The van der Waals surface area contributed by atoms with Crippen LogP contribution in [0.15, 0.2) is 66.7 Å². The van der Waals surface area contributed by atoms with Gasteiger partial charge in [0.1, 0.15) is 19.0 Å². The molecule has 152 valence electrons. The number of carbonyl (C=O) groups is 1. The number of carbonyl (C=O) groups excluding carboxylic acids is 1. The maximum Gasteiger partial charge on any atom is 0.410 e. The second-order valence-electron chi connectivity index (χ2n) is 7.72. The van der Waals surface area contributed by atoms with Crippen molar-refractivity contribution in [2.45, 2.75) is 19.0 Å².